The molecular formula is C17H24F3N2O6P. The van der Waals surface area contributed by atoms with Crippen LogP contribution in [0.2, 0.25) is 0 Å². The molecule has 1 aliphatic rings. The lowest BCUT2D eigenvalue weighted by molar-refractivity contribution is -0.275. The highest BCUT2D eigenvalue weighted by Gasteiger charge is 2.56. The van der Waals surface area contributed by atoms with Gasteiger partial charge in [-0.15, -0.1) is 13.2 Å². The zero-order chi connectivity index (χ0) is 21.9. The van der Waals surface area contributed by atoms with Crippen LogP contribution in [-0.4, -0.2) is 63.3 Å². The lowest BCUT2D eigenvalue weighted by Crippen LogP contribution is -2.53. The number of nitrogens with zero attached hydrogens (tertiary/aromatic N) is 1. The quantitative estimate of drug-likeness (QED) is 0.358. The molecule has 1 saturated heterocycles. The Bertz CT molecular complexity index is 791. The summed E-state index contributed by atoms with van der Waals surface area (Å²) in [7, 11) is -4.01. The summed E-state index contributed by atoms with van der Waals surface area (Å²) < 4.78 is 53.9. The third kappa shape index (κ3) is 5.63. The summed E-state index contributed by atoms with van der Waals surface area (Å²) in [5, 5.41) is 17.4. The molecule has 0 saturated carbocycles. The topological polar surface area (TPSA) is 133 Å². The van der Waals surface area contributed by atoms with Gasteiger partial charge in [-0.3, -0.25) is 14.3 Å². The van der Waals surface area contributed by atoms with Gasteiger partial charge in [0.2, 0.25) is 7.37 Å². The fraction of sp³-hybridized carbons (Fsp3) is 0.588. The van der Waals surface area contributed by atoms with Crippen molar-refractivity contribution in [2.24, 2.45) is 5.73 Å². The molecule has 2 unspecified atom stereocenters. The number of aromatic hydroxyl groups is 1. The number of hydrogen-bond donors (Lipinski definition) is 4. The number of unbranched alkanes of at least 4 members (excludes halogenated alkanes) is 1. The molecule has 29 heavy (non-hydrogen) atoms. The molecule has 1 heterocycles. The second-order valence-corrected chi connectivity index (χ2v) is 9.77. The van der Waals surface area contributed by atoms with Crippen molar-refractivity contribution in [1.29, 1.82) is 0 Å². The van der Waals surface area contributed by atoms with Crippen LogP contribution in [0.3, 0.4) is 0 Å². The Morgan fingerprint density at radius 3 is 2.62 bits per heavy atom. The van der Waals surface area contributed by atoms with Crippen molar-refractivity contribution >= 4 is 13.3 Å². The van der Waals surface area contributed by atoms with Crippen LogP contribution in [0.15, 0.2) is 18.2 Å². The lowest BCUT2D eigenvalue weighted by Gasteiger charge is -2.43. The van der Waals surface area contributed by atoms with Crippen LogP contribution < -0.4 is 10.5 Å². The van der Waals surface area contributed by atoms with Gasteiger partial charge in [-0.2, -0.15) is 0 Å². The highest BCUT2D eigenvalue weighted by Crippen LogP contribution is 2.59. The maximum absolute atomic E-state index is 12.7. The normalized spacial score (nSPS) is 25.7. The number of carboxylic acid groups (broad SMARTS) is 1. The number of carboxylic acids is 1. The summed E-state index contributed by atoms with van der Waals surface area (Å²) in [6.07, 6.45) is -4.38. The molecule has 1 aromatic carbocycles. The number of phenols is 1. The van der Waals surface area contributed by atoms with Crippen LogP contribution in [0.4, 0.5) is 13.2 Å². The molecule has 1 aromatic rings. The maximum atomic E-state index is 12.7. The van der Waals surface area contributed by atoms with E-state index >= 15 is 0 Å². The average Bonchev–Trinajstić information content (AvgIpc) is 2.59. The summed E-state index contributed by atoms with van der Waals surface area (Å²) in [5.41, 5.74) is 5.76. The Kier molecular flexibility index (Phi) is 7.21. The summed E-state index contributed by atoms with van der Waals surface area (Å²) in [6, 6.07) is 3.43. The van der Waals surface area contributed by atoms with E-state index in [1.807, 2.05) is 0 Å². The Balaban J connectivity index is 2.23. The fourth-order valence-corrected chi connectivity index (χ4v) is 5.66. The van der Waals surface area contributed by atoms with Crippen molar-refractivity contribution < 1.29 is 42.4 Å². The van der Waals surface area contributed by atoms with Gasteiger partial charge in [0, 0.05) is 25.8 Å². The van der Waals surface area contributed by atoms with Crippen molar-refractivity contribution in [3.05, 3.63) is 23.8 Å². The monoisotopic (exact) mass is 440 g/mol. The van der Waals surface area contributed by atoms with Gasteiger partial charge in [-0.1, -0.05) is 12.5 Å². The van der Waals surface area contributed by atoms with E-state index in [-0.39, 0.29) is 32.2 Å². The van der Waals surface area contributed by atoms with Gasteiger partial charge >= 0.3 is 12.3 Å². The van der Waals surface area contributed by atoms with E-state index in [1.165, 1.54) is 6.07 Å². The van der Waals surface area contributed by atoms with Gasteiger partial charge in [-0.05, 0) is 37.1 Å². The molecular weight excluding hydrogens is 416 g/mol. The van der Waals surface area contributed by atoms with Crippen LogP contribution >= 0.6 is 7.37 Å². The Morgan fingerprint density at radius 1 is 1.34 bits per heavy atom. The molecule has 164 valence electrons. The number of nitrogens with two attached hydrogens (primary N) is 1. The number of alkyl halides is 3. The van der Waals surface area contributed by atoms with Gasteiger partial charge in [0.25, 0.3) is 0 Å². The highest BCUT2D eigenvalue weighted by atomic mass is 31.2. The molecule has 1 aliphatic heterocycles. The number of halogens is 3. The molecule has 0 spiro atoms. The van der Waals surface area contributed by atoms with Crippen molar-refractivity contribution in [3.63, 3.8) is 0 Å². The highest BCUT2D eigenvalue weighted by molar-refractivity contribution is 7.61. The van der Waals surface area contributed by atoms with Crippen molar-refractivity contribution in [3.8, 4) is 11.5 Å². The minimum absolute atomic E-state index is 0.0260. The number of phenolic OH excluding ortho intramolecular Hbond substituents is 1. The molecule has 0 aliphatic carbocycles. The van der Waals surface area contributed by atoms with Gasteiger partial charge in [0.1, 0.15) is 0 Å². The van der Waals surface area contributed by atoms with Crippen molar-refractivity contribution in [2.45, 2.75) is 37.3 Å². The Morgan fingerprint density at radius 2 is 2.03 bits per heavy atom. The molecule has 12 heteroatoms. The zero-order valence-electron chi connectivity index (χ0n) is 15.6. The molecule has 5 N–H and O–H groups in total. The van der Waals surface area contributed by atoms with Crippen LogP contribution in [0.5, 0.6) is 11.5 Å². The van der Waals surface area contributed by atoms with E-state index in [2.05, 4.69) is 4.74 Å². The maximum Gasteiger partial charge on any atom is 0.573 e. The summed E-state index contributed by atoms with van der Waals surface area (Å²) in [6.45, 7) is 0.234. The summed E-state index contributed by atoms with van der Waals surface area (Å²) >= 11 is 0. The molecule has 0 radical (unpaired) electrons. The van der Waals surface area contributed by atoms with E-state index in [1.54, 1.807) is 4.90 Å². The number of hydrogen-bond acceptors (Lipinski definition) is 6. The first-order valence-electron chi connectivity index (χ1n) is 8.95. The Labute approximate surface area is 165 Å². The summed E-state index contributed by atoms with van der Waals surface area (Å²) in [5.74, 6) is -2.84. The van der Waals surface area contributed by atoms with Crippen LogP contribution in [-0.2, 0) is 15.9 Å². The van der Waals surface area contributed by atoms with E-state index in [9.17, 15) is 37.6 Å². The smallest absolute Gasteiger partial charge is 0.504 e. The van der Waals surface area contributed by atoms with Gasteiger partial charge in [0.05, 0.1) is 0 Å². The number of ether oxygens (including phenoxy) is 1. The fourth-order valence-electron chi connectivity index (χ4n) is 3.45. The van der Waals surface area contributed by atoms with Crippen LogP contribution in [0.1, 0.15) is 24.8 Å². The van der Waals surface area contributed by atoms with Crippen LogP contribution in [0.25, 0.3) is 0 Å². The second kappa shape index (κ2) is 8.91. The van der Waals surface area contributed by atoms with Crippen molar-refractivity contribution in [1.82, 2.24) is 4.90 Å². The minimum atomic E-state index is -4.98. The predicted octanol–water partition coefficient (Wildman–Crippen LogP) is 2.33. The van der Waals surface area contributed by atoms with Gasteiger partial charge < -0.3 is 25.6 Å². The first-order valence-corrected chi connectivity index (χ1v) is 10.8. The first kappa shape index (κ1) is 23.5. The van der Waals surface area contributed by atoms with Gasteiger partial charge in [0.15, 0.2) is 16.7 Å². The molecule has 2 atom stereocenters. The third-order valence-corrected chi connectivity index (χ3v) is 7.67. The SMILES string of the molecule is NCCCCC1(C(=O)O)CN(Cc2ccc(O)c(OC(F)(F)F)c2)CCP1(=O)O. The molecule has 1 fully saturated rings. The predicted molar refractivity (Wildman–Crippen MR) is 98.0 cm³/mol. The standard InChI is InChI=1S/C17H24F3N2O6P/c18-17(19,20)28-14-9-12(3-4-13(14)23)10-22-7-8-29(26,27)16(11-22,15(24)25)5-1-2-6-21/h3-4,9,23H,1-2,5-8,10-11,21H2,(H,24,25)(H,26,27). The number of benzene rings is 1. The minimum Gasteiger partial charge on any atom is -0.504 e. The summed E-state index contributed by atoms with van der Waals surface area (Å²) in [4.78, 5) is 24.0. The molecule has 2 rings (SSSR count). The third-order valence-electron chi connectivity index (χ3n) is 4.97. The van der Waals surface area contributed by atoms with Crippen LogP contribution in [0, 0.1) is 0 Å². The van der Waals surface area contributed by atoms with Gasteiger partial charge in [-0.25, -0.2) is 0 Å². The van der Waals surface area contributed by atoms with E-state index < -0.39 is 36.4 Å². The first-order chi connectivity index (χ1) is 13.4. The molecule has 0 bridgehead atoms. The van der Waals surface area contributed by atoms with E-state index in [0.717, 1.165) is 12.1 Å². The number of aliphatic carboxylic acids is 1. The number of rotatable bonds is 8. The lowest BCUT2D eigenvalue weighted by atomic mass is 9.99. The largest absolute Gasteiger partial charge is 0.573 e. The number of carbonyl (C=O) groups is 1. The zero-order valence-corrected chi connectivity index (χ0v) is 16.5. The van der Waals surface area contributed by atoms with Crippen molar-refractivity contribution in [2.75, 3.05) is 25.8 Å². The second-order valence-electron chi connectivity index (χ2n) is 7.07. The molecule has 0 amide bonds. The van der Waals surface area contributed by atoms with E-state index in [0.29, 0.717) is 24.9 Å². The Hall–Kier alpha value is -1.81. The average molecular weight is 440 g/mol. The molecule has 0 aromatic heterocycles. The molecule has 8 nitrogen and oxygen atoms in total. The van der Waals surface area contributed by atoms with E-state index in [4.69, 9.17) is 5.73 Å².